The molecule has 2 nitrogen and oxygen atoms in total. The van der Waals surface area contributed by atoms with Gasteiger partial charge in [0.25, 0.3) is 0 Å². The molecule has 24 heavy (non-hydrogen) atoms. The molecule has 0 aromatic heterocycles. The van der Waals surface area contributed by atoms with Crippen LogP contribution in [0.5, 0.6) is 0 Å². The largest absolute Gasteiger partial charge is 0.295 e. The summed E-state index contributed by atoms with van der Waals surface area (Å²) in [7, 11) is 0. The van der Waals surface area contributed by atoms with E-state index in [1.54, 1.807) is 26.0 Å². The van der Waals surface area contributed by atoms with E-state index in [2.05, 4.69) is 6.07 Å². The van der Waals surface area contributed by atoms with Gasteiger partial charge in [0, 0.05) is 15.6 Å². The van der Waals surface area contributed by atoms with E-state index in [4.69, 9.17) is 23.2 Å². The van der Waals surface area contributed by atoms with Crippen LogP contribution in [-0.4, -0.2) is 5.78 Å². The zero-order valence-electron chi connectivity index (χ0n) is 14.0. The Balaban J connectivity index is 2.80. The molecular formula is C20H17Cl2NO. The summed E-state index contributed by atoms with van der Waals surface area (Å²) in [6, 6.07) is 11.1. The Morgan fingerprint density at radius 1 is 1.04 bits per heavy atom. The first kappa shape index (κ1) is 18.3. The lowest BCUT2D eigenvalue weighted by Gasteiger charge is -2.16. The van der Waals surface area contributed by atoms with Gasteiger partial charge in [-0.25, -0.2) is 0 Å². The fourth-order valence-corrected chi connectivity index (χ4v) is 3.13. The molecule has 0 atom stereocenters. The van der Waals surface area contributed by atoms with Crippen LogP contribution in [0.2, 0.25) is 10.0 Å². The van der Waals surface area contributed by atoms with Crippen molar-refractivity contribution in [3.63, 3.8) is 0 Å². The molecular weight excluding hydrogens is 341 g/mol. The van der Waals surface area contributed by atoms with Gasteiger partial charge in [-0.3, -0.25) is 4.79 Å². The Morgan fingerprint density at radius 3 is 2.25 bits per heavy atom. The van der Waals surface area contributed by atoms with Crippen LogP contribution in [0.15, 0.2) is 35.9 Å². The lowest BCUT2D eigenvalue weighted by Crippen LogP contribution is -1.99. The van der Waals surface area contributed by atoms with E-state index in [-0.39, 0.29) is 5.78 Å². The van der Waals surface area contributed by atoms with Crippen LogP contribution in [-0.2, 0) is 4.79 Å². The number of carbonyl (C=O) groups excluding carboxylic acids is 1. The second-order valence-corrected chi connectivity index (χ2v) is 6.58. The molecule has 0 aliphatic carbocycles. The molecule has 2 aromatic rings. The summed E-state index contributed by atoms with van der Waals surface area (Å²) in [6.07, 6.45) is 0. The minimum Gasteiger partial charge on any atom is -0.295 e. The van der Waals surface area contributed by atoms with E-state index < -0.39 is 0 Å². The van der Waals surface area contributed by atoms with E-state index in [1.807, 2.05) is 32.0 Å². The Morgan fingerprint density at radius 2 is 1.71 bits per heavy atom. The van der Waals surface area contributed by atoms with Crippen molar-refractivity contribution in [2.24, 2.45) is 0 Å². The fourth-order valence-electron chi connectivity index (χ4n) is 2.62. The molecule has 0 amide bonds. The first-order chi connectivity index (χ1) is 11.3. The molecule has 0 saturated carbocycles. The van der Waals surface area contributed by atoms with Crippen molar-refractivity contribution >= 4 is 34.6 Å². The number of nitriles is 1. The van der Waals surface area contributed by atoms with Crippen molar-refractivity contribution in [2.75, 3.05) is 0 Å². The van der Waals surface area contributed by atoms with Crippen molar-refractivity contribution in [2.45, 2.75) is 27.7 Å². The van der Waals surface area contributed by atoms with Crippen LogP contribution in [0, 0.1) is 18.3 Å². The SMILES string of the molecule is CC(=O)/C(C)=C(\C)c1cc(C#N)cc(-c2ccc(Cl)cc2Cl)c1C. The maximum Gasteiger partial charge on any atom is 0.155 e. The second kappa shape index (κ2) is 7.21. The van der Waals surface area contributed by atoms with Crippen molar-refractivity contribution < 1.29 is 4.79 Å². The standard InChI is InChI=1S/C20H17Cl2NO/c1-11(14(4)24)12(2)18-7-15(10-23)8-19(13(18)3)17-6-5-16(21)9-20(17)22/h5-9H,1-4H3/b12-11+. The van der Waals surface area contributed by atoms with Crippen LogP contribution in [0.1, 0.15) is 37.5 Å². The molecule has 122 valence electrons. The maximum absolute atomic E-state index is 11.7. The number of rotatable bonds is 3. The van der Waals surface area contributed by atoms with Gasteiger partial charge < -0.3 is 0 Å². The molecule has 0 bridgehead atoms. The summed E-state index contributed by atoms with van der Waals surface area (Å²) >= 11 is 12.3. The van der Waals surface area contributed by atoms with Crippen LogP contribution >= 0.6 is 23.2 Å². The molecule has 0 unspecified atom stereocenters. The average molecular weight is 358 g/mol. The molecule has 2 aromatic carbocycles. The predicted octanol–water partition coefficient (Wildman–Crippen LogP) is 6.22. The first-order valence-electron chi connectivity index (χ1n) is 7.45. The predicted molar refractivity (Wildman–Crippen MR) is 100 cm³/mol. The van der Waals surface area contributed by atoms with Gasteiger partial charge >= 0.3 is 0 Å². The molecule has 0 heterocycles. The minimum absolute atomic E-state index is 0.0142. The highest BCUT2D eigenvalue weighted by atomic mass is 35.5. The number of ketones is 1. The molecule has 0 aliphatic rings. The van der Waals surface area contributed by atoms with Crippen LogP contribution in [0.25, 0.3) is 16.7 Å². The van der Waals surface area contributed by atoms with E-state index in [0.717, 1.165) is 27.8 Å². The van der Waals surface area contributed by atoms with Gasteiger partial charge in [-0.2, -0.15) is 5.26 Å². The van der Waals surface area contributed by atoms with Gasteiger partial charge in [-0.1, -0.05) is 29.3 Å². The summed E-state index contributed by atoms with van der Waals surface area (Å²) in [4.78, 5) is 11.7. The van der Waals surface area contributed by atoms with E-state index in [0.29, 0.717) is 21.2 Å². The normalized spacial score (nSPS) is 11.7. The van der Waals surface area contributed by atoms with Crippen LogP contribution in [0.4, 0.5) is 0 Å². The lowest BCUT2D eigenvalue weighted by molar-refractivity contribution is -0.113. The second-order valence-electron chi connectivity index (χ2n) is 5.74. The minimum atomic E-state index is 0.0142. The van der Waals surface area contributed by atoms with Crippen LogP contribution < -0.4 is 0 Å². The number of halogens is 2. The quantitative estimate of drug-likeness (QED) is 0.611. The van der Waals surface area contributed by atoms with Gasteiger partial charge in [0.05, 0.1) is 11.6 Å². The zero-order chi connectivity index (χ0) is 18.0. The fraction of sp³-hybridized carbons (Fsp3) is 0.200. The number of allylic oxidation sites excluding steroid dienone is 2. The van der Waals surface area contributed by atoms with Gasteiger partial charge in [0.2, 0.25) is 0 Å². The summed E-state index contributed by atoms with van der Waals surface area (Å²) in [5, 5.41) is 10.5. The summed E-state index contributed by atoms with van der Waals surface area (Å²) in [6.45, 7) is 7.20. The van der Waals surface area contributed by atoms with E-state index in [1.165, 1.54) is 0 Å². The molecule has 0 aliphatic heterocycles. The Hall–Kier alpha value is -2.08. The van der Waals surface area contributed by atoms with Crippen molar-refractivity contribution in [3.05, 3.63) is 62.6 Å². The third kappa shape index (κ3) is 3.53. The summed E-state index contributed by atoms with van der Waals surface area (Å²) < 4.78 is 0. The maximum atomic E-state index is 11.7. The van der Waals surface area contributed by atoms with Crippen molar-refractivity contribution in [1.29, 1.82) is 5.26 Å². The highest BCUT2D eigenvalue weighted by molar-refractivity contribution is 6.36. The molecule has 2 rings (SSSR count). The Kier molecular flexibility index (Phi) is 5.49. The molecule has 0 saturated heterocycles. The smallest absolute Gasteiger partial charge is 0.155 e. The van der Waals surface area contributed by atoms with Gasteiger partial charge in [0.15, 0.2) is 5.78 Å². The van der Waals surface area contributed by atoms with Crippen molar-refractivity contribution in [3.8, 4) is 17.2 Å². The zero-order valence-corrected chi connectivity index (χ0v) is 15.5. The summed E-state index contributed by atoms with van der Waals surface area (Å²) in [5.41, 5.74) is 5.59. The lowest BCUT2D eigenvalue weighted by atomic mass is 9.89. The van der Waals surface area contributed by atoms with Crippen LogP contribution in [0.3, 0.4) is 0 Å². The number of carbonyl (C=O) groups is 1. The Labute approximate surface area is 152 Å². The number of Topliss-reactive ketones (excluding diaryl/α,β-unsaturated/α-hetero) is 1. The highest BCUT2D eigenvalue weighted by Gasteiger charge is 2.15. The molecule has 4 heteroatoms. The van der Waals surface area contributed by atoms with Gasteiger partial charge in [-0.05, 0) is 79.8 Å². The van der Waals surface area contributed by atoms with E-state index >= 15 is 0 Å². The monoisotopic (exact) mass is 357 g/mol. The molecule has 0 spiro atoms. The number of nitrogens with zero attached hydrogens (tertiary/aromatic N) is 1. The third-order valence-corrected chi connectivity index (χ3v) is 4.80. The molecule has 0 fully saturated rings. The number of benzene rings is 2. The first-order valence-corrected chi connectivity index (χ1v) is 8.20. The van der Waals surface area contributed by atoms with Gasteiger partial charge in [0.1, 0.15) is 0 Å². The van der Waals surface area contributed by atoms with E-state index in [9.17, 15) is 10.1 Å². The average Bonchev–Trinajstić information content (AvgIpc) is 2.54. The molecule has 0 radical (unpaired) electrons. The van der Waals surface area contributed by atoms with Gasteiger partial charge in [-0.15, -0.1) is 0 Å². The third-order valence-electron chi connectivity index (χ3n) is 4.25. The highest BCUT2D eigenvalue weighted by Crippen LogP contribution is 2.36. The Bertz CT molecular complexity index is 905. The van der Waals surface area contributed by atoms with Crippen molar-refractivity contribution in [1.82, 2.24) is 0 Å². The molecule has 0 N–H and O–H groups in total. The number of hydrogen-bond acceptors (Lipinski definition) is 2. The summed E-state index contributed by atoms with van der Waals surface area (Å²) in [5.74, 6) is 0.0142. The topological polar surface area (TPSA) is 40.9 Å². The number of hydrogen-bond donors (Lipinski definition) is 0.